The molecule has 1 N–H and O–H groups in total. The Hall–Kier alpha value is -0.670. The monoisotopic (exact) mass is 283 g/mol. The van der Waals surface area contributed by atoms with Gasteiger partial charge >= 0.3 is 0 Å². The highest BCUT2D eigenvalue weighted by atomic mass is 35.5. The molecule has 0 bridgehead atoms. The zero-order valence-electron chi connectivity index (χ0n) is 10.4. The molecule has 1 aliphatic rings. The fourth-order valence-electron chi connectivity index (χ4n) is 2.35. The number of thiol groups is 1. The summed E-state index contributed by atoms with van der Waals surface area (Å²) in [4.78, 5) is 12.9. The number of carbonyl (C=O) groups excluding carboxylic acids is 1. The van der Waals surface area contributed by atoms with Crippen molar-refractivity contribution in [2.45, 2.75) is 43.5 Å². The van der Waals surface area contributed by atoms with Crippen molar-refractivity contribution in [1.29, 1.82) is 0 Å². The van der Waals surface area contributed by atoms with Gasteiger partial charge in [0.15, 0.2) is 0 Å². The van der Waals surface area contributed by atoms with E-state index in [0.717, 1.165) is 23.7 Å². The number of nitrogens with one attached hydrogen (secondary N) is 1. The highest BCUT2D eigenvalue weighted by Gasteiger charge is 2.21. The van der Waals surface area contributed by atoms with Crippen LogP contribution >= 0.6 is 24.2 Å². The first-order valence-electron chi connectivity index (χ1n) is 6.35. The van der Waals surface area contributed by atoms with Gasteiger partial charge in [0, 0.05) is 10.9 Å². The molecule has 0 saturated heterocycles. The van der Waals surface area contributed by atoms with E-state index in [1.54, 1.807) is 18.2 Å². The molecule has 1 aliphatic carbocycles. The number of rotatable bonds is 2. The topological polar surface area (TPSA) is 29.1 Å². The average Bonchev–Trinajstić information content (AvgIpc) is 2.35. The molecule has 0 radical (unpaired) electrons. The highest BCUT2D eigenvalue weighted by molar-refractivity contribution is 7.80. The van der Waals surface area contributed by atoms with E-state index in [1.807, 2.05) is 0 Å². The molecule has 1 saturated carbocycles. The van der Waals surface area contributed by atoms with Crippen LogP contribution in [0.15, 0.2) is 23.1 Å². The minimum absolute atomic E-state index is 0.0875. The predicted octanol–water partition coefficient (Wildman–Crippen LogP) is 3.94. The van der Waals surface area contributed by atoms with Crippen LogP contribution in [-0.2, 0) is 0 Å². The van der Waals surface area contributed by atoms with Gasteiger partial charge in [-0.3, -0.25) is 4.79 Å². The van der Waals surface area contributed by atoms with E-state index in [9.17, 15) is 4.79 Å². The molecule has 0 spiro atoms. The smallest absolute Gasteiger partial charge is 0.253 e. The minimum Gasteiger partial charge on any atom is -0.349 e. The number of carbonyl (C=O) groups is 1. The maximum Gasteiger partial charge on any atom is 0.253 e. The van der Waals surface area contributed by atoms with Crippen molar-refractivity contribution < 1.29 is 4.79 Å². The van der Waals surface area contributed by atoms with Gasteiger partial charge in [0.1, 0.15) is 0 Å². The lowest BCUT2D eigenvalue weighted by molar-refractivity contribution is 0.0923. The van der Waals surface area contributed by atoms with Crippen LogP contribution in [-0.4, -0.2) is 11.9 Å². The Morgan fingerprint density at radius 1 is 1.33 bits per heavy atom. The average molecular weight is 284 g/mol. The number of amides is 1. The molecule has 0 unspecified atom stereocenters. The molecule has 0 heterocycles. The first-order valence-corrected chi connectivity index (χ1v) is 7.18. The number of halogens is 1. The number of benzene rings is 1. The van der Waals surface area contributed by atoms with E-state index >= 15 is 0 Å². The van der Waals surface area contributed by atoms with E-state index in [2.05, 4.69) is 24.9 Å². The molecule has 0 aliphatic heterocycles. The molecule has 0 atom stereocenters. The van der Waals surface area contributed by atoms with Crippen molar-refractivity contribution in [3.63, 3.8) is 0 Å². The van der Waals surface area contributed by atoms with Gasteiger partial charge in [0.2, 0.25) is 0 Å². The summed E-state index contributed by atoms with van der Waals surface area (Å²) in [5.41, 5.74) is 0.516. The molecule has 18 heavy (non-hydrogen) atoms. The largest absolute Gasteiger partial charge is 0.349 e. The Labute approximate surface area is 119 Å². The molecule has 98 valence electrons. The minimum atomic E-state index is -0.0875. The van der Waals surface area contributed by atoms with Gasteiger partial charge in [0.25, 0.3) is 5.91 Å². The second-order valence-corrected chi connectivity index (χ2v) is 6.02. The van der Waals surface area contributed by atoms with Crippen molar-refractivity contribution in [3.05, 3.63) is 28.8 Å². The molecule has 0 aromatic heterocycles. The summed E-state index contributed by atoms with van der Waals surface area (Å²) in [6.45, 7) is 2.26. The van der Waals surface area contributed by atoms with Crippen LogP contribution in [0.1, 0.15) is 43.0 Å². The summed E-state index contributed by atoms with van der Waals surface area (Å²) in [5.74, 6) is 0.693. The van der Waals surface area contributed by atoms with Crippen molar-refractivity contribution in [1.82, 2.24) is 5.32 Å². The fraction of sp³-hybridized carbons (Fsp3) is 0.500. The lowest BCUT2D eigenvalue weighted by Gasteiger charge is -2.27. The molecule has 1 fully saturated rings. The van der Waals surface area contributed by atoms with Crippen molar-refractivity contribution in [3.8, 4) is 0 Å². The van der Waals surface area contributed by atoms with Crippen molar-refractivity contribution in [2.24, 2.45) is 5.92 Å². The second-order valence-electron chi connectivity index (χ2n) is 5.09. The molecular formula is C14H18ClNOS. The van der Waals surface area contributed by atoms with E-state index in [0.29, 0.717) is 10.6 Å². The van der Waals surface area contributed by atoms with Gasteiger partial charge in [-0.05, 0) is 49.8 Å². The summed E-state index contributed by atoms with van der Waals surface area (Å²) >= 11 is 10.3. The third kappa shape index (κ3) is 3.42. The van der Waals surface area contributed by atoms with Crippen LogP contribution in [0.4, 0.5) is 0 Å². The van der Waals surface area contributed by atoms with Crippen LogP contribution < -0.4 is 5.32 Å². The lowest BCUT2D eigenvalue weighted by Crippen LogP contribution is -2.37. The Morgan fingerprint density at radius 3 is 2.67 bits per heavy atom. The summed E-state index contributed by atoms with van der Waals surface area (Å²) < 4.78 is 0. The quantitative estimate of drug-likeness (QED) is 0.791. The summed E-state index contributed by atoms with van der Waals surface area (Å²) in [6, 6.07) is 5.49. The Kier molecular flexibility index (Phi) is 4.57. The SMILES string of the molecule is CC1CCC(NC(=O)c2cc(S)ccc2Cl)CC1. The third-order valence-corrected chi connectivity index (χ3v) is 4.15. The lowest BCUT2D eigenvalue weighted by atomic mass is 9.87. The van der Waals surface area contributed by atoms with Gasteiger partial charge in [-0.2, -0.15) is 0 Å². The van der Waals surface area contributed by atoms with Crippen LogP contribution in [0.3, 0.4) is 0 Å². The van der Waals surface area contributed by atoms with Gasteiger partial charge in [-0.25, -0.2) is 0 Å². The van der Waals surface area contributed by atoms with E-state index in [-0.39, 0.29) is 11.9 Å². The van der Waals surface area contributed by atoms with Crippen LogP contribution in [0, 0.1) is 5.92 Å². The molecule has 1 aromatic rings. The maximum atomic E-state index is 12.1. The van der Waals surface area contributed by atoms with Crippen LogP contribution in [0.2, 0.25) is 5.02 Å². The molecule has 2 nitrogen and oxygen atoms in total. The van der Waals surface area contributed by atoms with Gasteiger partial charge < -0.3 is 5.32 Å². The Balaban J connectivity index is 2.01. The zero-order valence-corrected chi connectivity index (χ0v) is 12.1. The number of hydrogen-bond donors (Lipinski definition) is 2. The summed E-state index contributed by atoms with van der Waals surface area (Å²) in [7, 11) is 0. The van der Waals surface area contributed by atoms with Crippen LogP contribution in [0.25, 0.3) is 0 Å². The molecule has 4 heteroatoms. The van der Waals surface area contributed by atoms with Gasteiger partial charge in [-0.15, -0.1) is 12.6 Å². The summed E-state index contributed by atoms with van der Waals surface area (Å²) in [5, 5.41) is 3.55. The second kappa shape index (κ2) is 5.98. The van der Waals surface area contributed by atoms with Crippen LogP contribution in [0.5, 0.6) is 0 Å². The van der Waals surface area contributed by atoms with Crippen molar-refractivity contribution >= 4 is 30.1 Å². The maximum absolute atomic E-state index is 12.1. The third-order valence-electron chi connectivity index (χ3n) is 3.55. The Bertz CT molecular complexity index is 441. The highest BCUT2D eigenvalue weighted by Crippen LogP contribution is 2.25. The van der Waals surface area contributed by atoms with E-state index < -0.39 is 0 Å². The van der Waals surface area contributed by atoms with E-state index in [1.165, 1.54) is 12.8 Å². The first-order chi connectivity index (χ1) is 8.56. The predicted molar refractivity (Wildman–Crippen MR) is 77.6 cm³/mol. The summed E-state index contributed by atoms with van der Waals surface area (Å²) in [6.07, 6.45) is 4.49. The molecule has 2 rings (SSSR count). The standard InChI is InChI=1S/C14H18ClNOS/c1-9-2-4-10(5-3-9)16-14(17)12-8-11(18)6-7-13(12)15/h6-10,18H,2-5H2,1H3,(H,16,17). The fourth-order valence-corrected chi connectivity index (χ4v) is 2.76. The molecule has 1 amide bonds. The molecular weight excluding hydrogens is 266 g/mol. The normalized spacial score (nSPS) is 23.7. The number of hydrogen-bond acceptors (Lipinski definition) is 2. The van der Waals surface area contributed by atoms with Gasteiger partial charge in [-0.1, -0.05) is 18.5 Å². The van der Waals surface area contributed by atoms with Crippen molar-refractivity contribution in [2.75, 3.05) is 0 Å². The van der Waals surface area contributed by atoms with Gasteiger partial charge in [0.05, 0.1) is 10.6 Å². The zero-order chi connectivity index (χ0) is 13.1. The molecule has 1 aromatic carbocycles. The first kappa shape index (κ1) is 13.8. The van der Waals surface area contributed by atoms with E-state index in [4.69, 9.17) is 11.6 Å². The Morgan fingerprint density at radius 2 is 2.00 bits per heavy atom.